The maximum Gasteiger partial charge on any atom is 0.223 e. The molecule has 0 aromatic carbocycles. The molecule has 3 unspecified atom stereocenters. The summed E-state index contributed by atoms with van der Waals surface area (Å²) in [5.74, 6) is 1.89. The van der Waals surface area contributed by atoms with Gasteiger partial charge in [-0.3, -0.25) is 4.79 Å². The molecule has 2 aliphatic carbocycles. The summed E-state index contributed by atoms with van der Waals surface area (Å²) in [5, 5.41) is 3.02. The van der Waals surface area contributed by atoms with Crippen LogP contribution in [0.4, 0.5) is 0 Å². The third-order valence-electron chi connectivity index (χ3n) is 4.45. The number of carbonyl (C=O) groups is 1. The lowest BCUT2D eigenvalue weighted by molar-refractivity contribution is -0.126. The third-order valence-corrected chi connectivity index (χ3v) is 5.00. The van der Waals surface area contributed by atoms with E-state index in [1.807, 2.05) is 13.8 Å². The van der Waals surface area contributed by atoms with Crippen LogP contribution < -0.4 is 11.1 Å². The Labute approximate surface area is 109 Å². The number of rotatable bonds is 4. The SMILES string of the molecule is CC(C)(CNC(=O)C1CC2CCC1C2)C(N)=S. The molecule has 2 rings (SSSR count). The Morgan fingerprint density at radius 3 is 2.59 bits per heavy atom. The molecule has 3 nitrogen and oxygen atoms in total. The monoisotopic (exact) mass is 254 g/mol. The van der Waals surface area contributed by atoms with E-state index in [0.717, 1.165) is 12.3 Å². The van der Waals surface area contributed by atoms with E-state index < -0.39 is 0 Å². The molecule has 0 aliphatic heterocycles. The van der Waals surface area contributed by atoms with Crippen molar-refractivity contribution >= 4 is 23.1 Å². The molecule has 3 N–H and O–H groups in total. The fraction of sp³-hybridized carbons (Fsp3) is 0.846. The van der Waals surface area contributed by atoms with Gasteiger partial charge in [0.25, 0.3) is 0 Å². The van der Waals surface area contributed by atoms with Crippen LogP contribution in [0.1, 0.15) is 39.5 Å². The van der Waals surface area contributed by atoms with Crippen LogP contribution in [0.25, 0.3) is 0 Å². The molecule has 17 heavy (non-hydrogen) atoms. The minimum Gasteiger partial charge on any atom is -0.393 e. The number of hydrogen-bond acceptors (Lipinski definition) is 2. The summed E-state index contributed by atoms with van der Waals surface area (Å²) >= 11 is 5.00. The molecule has 96 valence electrons. The van der Waals surface area contributed by atoms with Crippen molar-refractivity contribution in [2.75, 3.05) is 6.54 Å². The first-order valence-electron chi connectivity index (χ1n) is 6.48. The van der Waals surface area contributed by atoms with Crippen molar-refractivity contribution in [3.63, 3.8) is 0 Å². The Hall–Kier alpha value is -0.640. The van der Waals surface area contributed by atoms with Gasteiger partial charge < -0.3 is 11.1 Å². The van der Waals surface area contributed by atoms with Gasteiger partial charge in [-0.1, -0.05) is 32.5 Å². The number of thiocarbonyl (C=S) groups is 1. The fourth-order valence-corrected chi connectivity index (χ4v) is 3.16. The number of fused-ring (bicyclic) bond motifs is 2. The maximum absolute atomic E-state index is 12.1. The molecule has 3 atom stereocenters. The van der Waals surface area contributed by atoms with Gasteiger partial charge in [0.1, 0.15) is 0 Å². The standard InChI is InChI=1S/C13H22N2OS/c1-13(2,12(14)17)7-15-11(16)10-6-8-3-4-9(10)5-8/h8-10H,3-7H2,1-2H3,(H2,14,17)(H,15,16). The van der Waals surface area contributed by atoms with Crippen molar-refractivity contribution < 1.29 is 4.79 Å². The second kappa shape index (κ2) is 4.56. The lowest BCUT2D eigenvalue weighted by Gasteiger charge is -2.26. The lowest BCUT2D eigenvalue weighted by Crippen LogP contribution is -2.44. The van der Waals surface area contributed by atoms with Crippen molar-refractivity contribution in [1.29, 1.82) is 0 Å². The molecule has 0 heterocycles. The third kappa shape index (κ3) is 2.62. The smallest absolute Gasteiger partial charge is 0.223 e. The zero-order valence-corrected chi connectivity index (χ0v) is 11.5. The van der Waals surface area contributed by atoms with Gasteiger partial charge in [0.05, 0.1) is 4.99 Å². The summed E-state index contributed by atoms with van der Waals surface area (Å²) in [5.41, 5.74) is 5.36. The van der Waals surface area contributed by atoms with E-state index in [4.69, 9.17) is 18.0 Å². The van der Waals surface area contributed by atoms with Crippen LogP contribution in [0.5, 0.6) is 0 Å². The van der Waals surface area contributed by atoms with Gasteiger partial charge in [-0.15, -0.1) is 0 Å². The molecule has 2 bridgehead atoms. The van der Waals surface area contributed by atoms with E-state index in [0.29, 0.717) is 17.5 Å². The number of hydrogen-bond donors (Lipinski definition) is 2. The number of nitrogens with two attached hydrogens (primary N) is 1. The fourth-order valence-electron chi connectivity index (χ4n) is 3.09. The second-order valence-electron chi connectivity index (χ2n) is 6.25. The molecule has 2 saturated carbocycles. The van der Waals surface area contributed by atoms with Crippen LogP contribution in [0, 0.1) is 23.2 Å². The highest BCUT2D eigenvalue weighted by Crippen LogP contribution is 2.48. The molecule has 4 heteroatoms. The molecule has 0 aromatic heterocycles. The summed E-state index contributed by atoms with van der Waals surface area (Å²) in [6, 6.07) is 0. The largest absolute Gasteiger partial charge is 0.393 e. The molecule has 2 aliphatic rings. The molecule has 2 fully saturated rings. The van der Waals surface area contributed by atoms with Gasteiger partial charge in [-0.2, -0.15) is 0 Å². The molecular formula is C13H22N2OS. The summed E-state index contributed by atoms with van der Waals surface area (Å²) in [7, 11) is 0. The van der Waals surface area contributed by atoms with Crippen molar-refractivity contribution in [1.82, 2.24) is 5.32 Å². The van der Waals surface area contributed by atoms with Gasteiger partial charge in [-0.05, 0) is 31.1 Å². The van der Waals surface area contributed by atoms with Gasteiger partial charge in [-0.25, -0.2) is 0 Å². The predicted octanol–water partition coefficient (Wildman–Crippen LogP) is 1.85. The maximum atomic E-state index is 12.1. The van der Waals surface area contributed by atoms with Gasteiger partial charge in [0.15, 0.2) is 0 Å². The minimum absolute atomic E-state index is 0.210. The predicted molar refractivity (Wildman–Crippen MR) is 72.5 cm³/mol. The van der Waals surface area contributed by atoms with E-state index in [9.17, 15) is 4.79 Å². The second-order valence-corrected chi connectivity index (χ2v) is 6.69. The normalized spacial score (nSPS) is 31.5. The Kier molecular flexibility index (Phi) is 3.43. The molecule has 0 aromatic rings. The molecule has 0 radical (unpaired) electrons. The Morgan fingerprint density at radius 2 is 2.12 bits per heavy atom. The van der Waals surface area contributed by atoms with Crippen molar-refractivity contribution in [3.05, 3.63) is 0 Å². The topological polar surface area (TPSA) is 55.1 Å². The molecule has 1 amide bonds. The summed E-state index contributed by atoms with van der Waals surface area (Å²) in [6.07, 6.45) is 4.91. The zero-order chi connectivity index (χ0) is 12.6. The highest BCUT2D eigenvalue weighted by molar-refractivity contribution is 7.80. The van der Waals surface area contributed by atoms with Crippen LogP contribution in [0.2, 0.25) is 0 Å². The van der Waals surface area contributed by atoms with Crippen LogP contribution >= 0.6 is 12.2 Å². The van der Waals surface area contributed by atoms with Crippen molar-refractivity contribution in [3.8, 4) is 0 Å². The average Bonchev–Trinajstić information content (AvgIpc) is 2.87. The highest BCUT2D eigenvalue weighted by Gasteiger charge is 2.43. The first-order chi connectivity index (χ1) is 7.90. The van der Waals surface area contributed by atoms with Crippen molar-refractivity contribution in [2.24, 2.45) is 28.9 Å². The van der Waals surface area contributed by atoms with Crippen LogP contribution in [-0.4, -0.2) is 17.4 Å². The van der Waals surface area contributed by atoms with E-state index in [-0.39, 0.29) is 17.2 Å². The Bertz CT molecular complexity index is 340. The van der Waals surface area contributed by atoms with Crippen LogP contribution in [-0.2, 0) is 4.79 Å². The first-order valence-corrected chi connectivity index (χ1v) is 6.88. The number of nitrogens with one attached hydrogen (secondary N) is 1. The van der Waals surface area contributed by atoms with Gasteiger partial charge in [0.2, 0.25) is 5.91 Å². The highest BCUT2D eigenvalue weighted by atomic mass is 32.1. The van der Waals surface area contributed by atoms with Gasteiger partial charge in [0, 0.05) is 17.9 Å². The average molecular weight is 254 g/mol. The van der Waals surface area contributed by atoms with E-state index in [1.165, 1.54) is 19.3 Å². The van der Waals surface area contributed by atoms with Crippen LogP contribution in [0.15, 0.2) is 0 Å². The zero-order valence-electron chi connectivity index (χ0n) is 10.7. The summed E-state index contributed by atoms with van der Waals surface area (Å²) < 4.78 is 0. The molecule has 0 spiro atoms. The van der Waals surface area contributed by atoms with Crippen molar-refractivity contribution in [2.45, 2.75) is 39.5 Å². The summed E-state index contributed by atoms with van der Waals surface area (Å²) in [4.78, 5) is 12.6. The minimum atomic E-state index is -0.289. The number of amides is 1. The molecular weight excluding hydrogens is 232 g/mol. The van der Waals surface area contributed by atoms with Crippen LogP contribution in [0.3, 0.4) is 0 Å². The van der Waals surface area contributed by atoms with E-state index >= 15 is 0 Å². The Morgan fingerprint density at radius 1 is 1.41 bits per heavy atom. The lowest BCUT2D eigenvalue weighted by atomic mass is 9.87. The molecule has 0 saturated heterocycles. The summed E-state index contributed by atoms with van der Waals surface area (Å²) in [6.45, 7) is 4.49. The van der Waals surface area contributed by atoms with E-state index in [1.54, 1.807) is 0 Å². The van der Waals surface area contributed by atoms with E-state index in [2.05, 4.69) is 5.32 Å². The first kappa shape index (κ1) is 12.8. The Balaban J connectivity index is 1.84. The quantitative estimate of drug-likeness (QED) is 0.753. The number of carbonyl (C=O) groups excluding carboxylic acids is 1. The van der Waals surface area contributed by atoms with Gasteiger partial charge >= 0.3 is 0 Å².